The van der Waals surface area contributed by atoms with Crippen LogP contribution in [-0.2, 0) is 0 Å². The van der Waals surface area contributed by atoms with Gasteiger partial charge >= 0.3 is 0 Å². The van der Waals surface area contributed by atoms with Crippen molar-refractivity contribution in [3.8, 4) is 0 Å². The van der Waals surface area contributed by atoms with Crippen LogP contribution in [0.4, 0.5) is 10.1 Å². The van der Waals surface area contributed by atoms with E-state index in [0.29, 0.717) is 6.04 Å². The number of anilines is 1. The number of hydrogen-bond donors (Lipinski definition) is 1. The molecule has 2 nitrogen and oxygen atoms in total. The zero-order valence-corrected chi connectivity index (χ0v) is 13.2. The van der Waals surface area contributed by atoms with Gasteiger partial charge in [0.1, 0.15) is 5.82 Å². The number of benzene rings is 1. The molecular formula is C17H27FN2. The van der Waals surface area contributed by atoms with E-state index in [1.807, 2.05) is 13.0 Å². The molecule has 0 saturated carbocycles. The fourth-order valence-corrected chi connectivity index (χ4v) is 3.04. The lowest BCUT2D eigenvalue weighted by Crippen LogP contribution is -2.29. The zero-order chi connectivity index (χ0) is 14.7. The molecule has 1 aromatic rings. The van der Waals surface area contributed by atoms with Crippen LogP contribution < -0.4 is 10.2 Å². The van der Waals surface area contributed by atoms with Gasteiger partial charge in [0.25, 0.3) is 0 Å². The average Bonchev–Trinajstić information content (AvgIpc) is 2.84. The maximum atomic E-state index is 14.0. The fourth-order valence-electron chi connectivity index (χ4n) is 3.04. The molecule has 0 radical (unpaired) electrons. The maximum Gasteiger partial charge on any atom is 0.126 e. The van der Waals surface area contributed by atoms with E-state index in [9.17, 15) is 4.39 Å². The summed E-state index contributed by atoms with van der Waals surface area (Å²) >= 11 is 0. The van der Waals surface area contributed by atoms with Crippen LogP contribution in [0, 0.1) is 12.7 Å². The first-order valence-electron chi connectivity index (χ1n) is 7.84. The van der Waals surface area contributed by atoms with Gasteiger partial charge in [-0.2, -0.15) is 0 Å². The van der Waals surface area contributed by atoms with Crippen LogP contribution in [0.2, 0.25) is 0 Å². The minimum Gasteiger partial charge on any atom is -0.369 e. The van der Waals surface area contributed by atoms with Gasteiger partial charge in [-0.15, -0.1) is 0 Å². The van der Waals surface area contributed by atoms with E-state index in [0.717, 1.165) is 30.6 Å². The normalized spacial score (nSPS) is 20.4. The second-order valence-corrected chi connectivity index (χ2v) is 6.02. The Labute approximate surface area is 122 Å². The summed E-state index contributed by atoms with van der Waals surface area (Å²) < 4.78 is 14.0. The van der Waals surface area contributed by atoms with Gasteiger partial charge in [0, 0.05) is 24.3 Å². The minimum atomic E-state index is -0.0965. The number of halogens is 1. The molecule has 1 fully saturated rings. The molecule has 1 aliphatic heterocycles. The first-order valence-corrected chi connectivity index (χ1v) is 7.84. The van der Waals surface area contributed by atoms with E-state index in [4.69, 9.17) is 0 Å². The van der Waals surface area contributed by atoms with Crippen LogP contribution in [0.15, 0.2) is 12.1 Å². The molecule has 0 spiro atoms. The Kier molecular flexibility index (Phi) is 5.03. The van der Waals surface area contributed by atoms with Gasteiger partial charge < -0.3 is 10.2 Å². The standard InChI is InChI=1S/C17H27FN2/c1-5-8-19-14(4)15-11-16(18)12(2)10-17(15)20-9-6-7-13(20)3/h10-11,13-14,19H,5-9H2,1-4H3. The van der Waals surface area contributed by atoms with E-state index in [-0.39, 0.29) is 11.9 Å². The summed E-state index contributed by atoms with van der Waals surface area (Å²) in [7, 11) is 0. The summed E-state index contributed by atoms with van der Waals surface area (Å²) in [5, 5.41) is 3.48. The SMILES string of the molecule is CCCNC(C)c1cc(F)c(C)cc1N1CCCC1C. The number of nitrogens with zero attached hydrogens (tertiary/aromatic N) is 1. The minimum absolute atomic E-state index is 0.0965. The Hall–Kier alpha value is -1.09. The molecule has 112 valence electrons. The average molecular weight is 278 g/mol. The fraction of sp³-hybridized carbons (Fsp3) is 0.647. The van der Waals surface area contributed by atoms with Crippen LogP contribution >= 0.6 is 0 Å². The largest absolute Gasteiger partial charge is 0.369 e. The molecule has 3 heteroatoms. The molecule has 0 aliphatic carbocycles. The highest BCUT2D eigenvalue weighted by Gasteiger charge is 2.25. The van der Waals surface area contributed by atoms with Crippen LogP contribution in [0.5, 0.6) is 0 Å². The Morgan fingerprint density at radius 2 is 2.20 bits per heavy atom. The van der Waals surface area contributed by atoms with Crippen LogP contribution in [0.1, 0.15) is 57.2 Å². The molecule has 20 heavy (non-hydrogen) atoms. The lowest BCUT2D eigenvalue weighted by atomic mass is 10.0. The molecule has 1 aliphatic rings. The molecule has 0 aromatic heterocycles. The molecule has 1 heterocycles. The van der Waals surface area contributed by atoms with Gasteiger partial charge in [-0.25, -0.2) is 4.39 Å². The van der Waals surface area contributed by atoms with Crippen molar-refractivity contribution < 1.29 is 4.39 Å². The Morgan fingerprint density at radius 3 is 2.80 bits per heavy atom. The van der Waals surface area contributed by atoms with E-state index >= 15 is 0 Å². The zero-order valence-electron chi connectivity index (χ0n) is 13.2. The monoisotopic (exact) mass is 278 g/mol. The van der Waals surface area contributed by atoms with Crippen molar-refractivity contribution in [2.45, 2.75) is 59.0 Å². The van der Waals surface area contributed by atoms with Crippen LogP contribution in [0.25, 0.3) is 0 Å². The predicted octanol–water partition coefficient (Wildman–Crippen LogP) is 4.18. The molecule has 1 saturated heterocycles. The third-order valence-corrected chi connectivity index (χ3v) is 4.34. The van der Waals surface area contributed by atoms with Gasteiger partial charge in [-0.1, -0.05) is 6.92 Å². The van der Waals surface area contributed by atoms with Crippen molar-refractivity contribution >= 4 is 5.69 Å². The van der Waals surface area contributed by atoms with Crippen molar-refractivity contribution in [2.75, 3.05) is 18.0 Å². The molecule has 0 amide bonds. The molecule has 2 rings (SSSR count). The predicted molar refractivity (Wildman–Crippen MR) is 83.9 cm³/mol. The molecule has 1 N–H and O–H groups in total. The third-order valence-electron chi connectivity index (χ3n) is 4.34. The van der Waals surface area contributed by atoms with Crippen molar-refractivity contribution in [3.05, 3.63) is 29.1 Å². The van der Waals surface area contributed by atoms with Crippen molar-refractivity contribution in [3.63, 3.8) is 0 Å². The lowest BCUT2D eigenvalue weighted by Gasteiger charge is -2.29. The summed E-state index contributed by atoms with van der Waals surface area (Å²) in [4.78, 5) is 2.44. The quantitative estimate of drug-likeness (QED) is 0.869. The smallest absolute Gasteiger partial charge is 0.126 e. The second-order valence-electron chi connectivity index (χ2n) is 6.02. The van der Waals surface area contributed by atoms with Crippen molar-refractivity contribution in [2.24, 2.45) is 0 Å². The third kappa shape index (κ3) is 3.14. The number of aryl methyl sites for hydroxylation is 1. The summed E-state index contributed by atoms with van der Waals surface area (Å²) in [5.41, 5.74) is 3.05. The van der Waals surface area contributed by atoms with Crippen molar-refractivity contribution in [1.29, 1.82) is 0 Å². The Morgan fingerprint density at radius 1 is 1.45 bits per heavy atom. The first-order chi connectivity index (χ1) is 9.54. The molecule has 1 aromatic carbocycles. The molecular weight excluding hydrogens is 251 g/mol. The van der Waals surface area contributed by atoms with Crippen molar-refractivity contribution in [1.82, 2.24) is 5.32 Å². The summed E-state index contributed by atoms with van der Waals surface area (Å²) in [6.45, 7) is 10.4. The first kappa shape index (κ1) is 15.3. The van der Waals surface area contributed by atoms with Crippen LogP contribution in [-0.4, -0.2) is 19.1 Å². The number of hydrogen-bond acceptors (Lipinski definition) is 2. The van der Waals surface area contributed by atoms with Gasteiger partial charge in [0.15, 0.2) is 0 Å². The van der Waals surface area contributed by atoms with E-state index in [2.05, 4.69) is 31.0 Å². The van der Waals surface area contributed by atoms with E-state index < -0.39 is 0 Å². The summed E-state index contributed by atoms with van der Waals surface area (Å²) in [6, 6.07) is 4.49. The van der Waals surface area contributed by atoms with Gasteiger partial charge in [-0.05, 0) is 69.8 Å². The Balaban J connectivity index is 2.35. The van der Waals surface area contributed by atoms with Gasteiger partial charge in [-0.3, -0.25) is 0 Å². The maximum absolute atomic E-state index is 14.0. The highest BCUT2D eigenvalue weighted by Crippen LogP contribution is 2.33. The highest BCUT2D eigenvalue weighted by molar-refractivity contribution is 5.58. The molecule has 2 atom stereocenters. The second kappa shape index (κ2) is 6.57. The van der Waals surface area contributed by atoms with E-state index in [1.54, 1.807) is 6.07 Å². The number of nitrogens with one attached hydrogen (secondary N) is 1. The topological polar surface area (TPSA) is 15.3 Å². The van der Waals surface area contributed by atoms with E-state index in [1.165, 1.54) is 18.5 Å². The summed E-state index contributed by atoms with van der Waals surface area (Å²) in [5.74, 6) is -0.0965. The number of rotatable bonds is 5. The molecule has 0 bridgehead atoms. The summed E-state index contributed by atoms with van der Waals surface area (Å²) in [6.07, 6.45) is 3.55. The highest BCUT2D eigenvalue weighted by atomic mass is 19.1. The lowest BCUT2D eigenvalue weighted by molar-refractivity contribution is 0.558. The van der Waals surface area contributed by atoms with Gasteiger partial charge in [0.2, 0.25) is 0 Å². The van der Waals surface area contributed by atoms with Crippen LogP contribution in [0.3, 0.4) is 0 Å². The molecule has 2 unspecified atom stereocenters. The Bertz CT molecular complexity index is 459. The van der Waals surface area contributed by atoms with Gasteiger partial charge in [0.05, 0.1) is 0 Å².